The molecule has 0 aromatic carbocycles. The van der Waals surface area contributed by atoms with Gasteiger partial charge in [-0.1, -0.05) is 0 Å². The topological polar surface area (TPSA) is 105 Å². The largest absolute Gasteiger partial charge is 0.545 e. The van der Waals surface area contributed by atoms with E-state index in [-0.39, 0.29) is 48.0 Å². The predicted octanol–water partition coefficient (Wildman–Crippen LogP) is -0.302. The summed E-state index contributed by atoms with van der Waals surface area (Å²) >= 11 is 0. The van der Waals surface area contributed by atoms with Crippen LogP contribution < -0.4 is 10.2 Å². The maximum Gasteiger partial charge on any atom is 0.0844 e. The van der Waals surface area contributed by atoms with E-state index in [1.54, 1.807) is 0 Å². The average Bonchev–Trinajstić information content (AvgIpc) is 3.42. The Morgan fingerprint density at radius 1 is 0.708 bits per heavy atom. The zero-order valence-corrected chi connectivity index (χ0v) is 13.6. The van der Waals surface area contributed by atoms with Crippen LogP contribution in [0.2, 0.25) is 0 Å². The zero-order chi connectivity index (χ0) is 16.8. The molecule has 6 unspecified atom stereocenters. The first-order valence-electron chi connectivity index (χ1n) is 8.97. The highest BCUT2D eigenvalue weighted by Crippen LogP contribution is 2.43. The molecule has 24 heavy (non-hydrogen) atoms. The number of rotatable bonds is 6. The van der Waals surface area contributed by atoms with E-state index in [9.17, 15) is 19.8 Å². The summed E-state index contributed by atoms with van der Waals surface area (Å²) in [4.78, 5) is 23.2. The highest BCUT2D eigenvalue weighted by molar-refractivity contribution is 5.97. The quantitative estimate of drug-likeness (QED) is 0.488. The first-order valence-corrected chi connectivity index (χ1v) is 8.97. The number of carboxylic acids is 2. The van der Waals surface area contributed by atoms with Gasteiger partial charge in [0.1, 0.15) is 0 Å². The number of fused-ring (bicyclic) bond motifs is 2. The first kappa shape index (κ1) is 16.1. The minimum atomic E-state index is -1.37. The molecular formula is C18H22O6-2. The number of aliphatic carboxylic acids is 2. The van der Waals surface area contributed by atoms with Crippen molar-refractivity contribution in [3.8, 4) is 0 Å². The van der Waals surface area contributed by atoms with Gasteiger partial charge in [-0.25, -0.2) is 0 Å². The molecule has 4 aliphatic rings. The zero-order valence-electron chi connectivity index (χ0n) is 13.6. The molecule has 6 nitrogen and oxygen atoms in total. The van der Waals surface area contributed by atoms with Gasteiger partial charge >= 0.3 is 0 Å². The Hall–Kier alpha value is -1.40. The van der Waals surface area contributed by atoms with E-state index in [2.05, 4.69) is 0 Å². The van der Waals surface area contributed by atoms with Crippen molar-refractivity contribution in [3.63, 3.8) is 0 Å². The molecule has 0 bridgehead atoms. The third kappa shape index (κ3) is 3.35. The molecule has 2 saturated heterocycles. The SMILES string of the molecule is O=C([O-])/C(CC1CCC2OC2C1)=C(/CC1CCC2OC2C1)C(=O)[O-]. The Morgan fingerprint density at radius 2 is 1.12 bits per heavy atom. The highest BCUT2D eigenvalue weighted by Gasteiger charge is 2.45. The van der Waals surface area contributed by atoms with E-state index < -0.39 is 11.9 Å². The van der Waals surface area contributed by atoms with Crippen molar-refractivity contribution >= 4 is 11.9 Å². The van der Waals surface area contributed by atoms with Gasteiger partial charge in [0, 0.05) is 0 Å². The number of carboxylic acid groups (broad SMARTS) is 2. The lowest BCUT2D eigenvalue weighted by Gasteiger charge is -2.27. The minimum absolute atomic E-state index is 0.0714. The Balaban J connectivity index is 1.48. The fraction of sp³-hybridized carbons (Fsp3) is 0.778. The second kappa shape index (κ2) is 6.15. The number of carbonyl (C=O) groups is 2. The van der Waals surface area contributed by atoms with E-state index in [1.807, 2.05) is 0 Å². The van der Waals surface area contributed by atoms with Crippen LogP contribution in [0.15, 0.2) is 11.1 Å². The predicted molar refractivity (Wildman–Crippen MR) is 78.3 cm³/mol. The summed E-state index contributed by atoms with van der Waals surface area (Å²) in [7, 11) is 0. The number of hydrogen-bond donors (Lipinski definition) is 0. The standard InChI is InChI=1S/C18H24O6/c19-17(20)11(5-9-1-3-13-15(7-9)23-13)12(18(21)22)6-10-2-4-14-16(8-10)24-14/h9-10,13-16H,1-8H2,(H,19,20)(H,21,22)/p-2/b12-11-. The fourth-order valence-electron chi connectivity index (χ4n) is 4.58. The molecule has 4 rings (SSSR count). The van der Waals surface area contributed by atoms with Gasteiger partial charge in [0.15, 0.2) is 0 Å². The molecule has 4 fully saturated rings. The third-order valence-corrected chi connectivity index (χ3v) is 6.07. The van der Waals surface area contributed by atoms with Gasteiger partial charge in [-0.15, -0.1) is 0 Å². The Bertz CT molecular complexity index is 532. The molecule has 2 aliphatic heterocycles. The van der Waals surface area contributed by atoms with E-state index in [0.29, 0.717) is 12.2 Å². The monoisotopic (exact) mass is 334 g/mol. The van der Waals surface area contributed by atoms with Crippen molar-refractivity contribution in [2.75, 3.05) is 0 Å². The first-order chi connectivity index (χ1) is 11.5. The maximum absolute atomic E-state index is 11.6. The maximum atomic E-state index is 11.6. The molecule has 0 aromatic heterocycles. The van der Waals surface area contributed by atoms with E-state index in [1.165, 1.54) is 0 Å². The van der Waals surface area contributed by atoms with Crippen LogP contribution in [0.4, 0.5) is 0 Å². The number of hydrogen-bond acceptors (Lipinski definition) is 6. The molecule has 6 atom stereocenters. The van der Waals surface area contributed by atoms with Crippen molar-refractivity contribution < 1.29 is 29.3 Å². The van der Waals surface area contributed by atoms with Crippen LogP contribution in [0, 0.1) is 11.8 Å². The fourth-order valence-corrected chi connectivity index (χ4v) is 4.58. The van der Waals surface area contributed by atoms with Crippen molar-refractivity contribution in [1.29, 1.82) is 0 Å². The second-order valence-electron chi connectivity index (χ2n) is 7.72. The van der Waals surface area contributed by atoms with Gasteiger partial charge in [-0.3, -0.25) is 0 Å². The molecule has 0 N–H and O–H groups in total. The summed E-state index contributed by atoms with van der Waals surface area (Å²) in [5.41, 5.74) is -0.143. The smallest absolute Gasteiger partial charge is 0.0844 e. The molecule has 6 heteroatoms. The molecule has 0 aromatic rings. The minimum Gasteiger partial charge on any atom is -0.545 e. The van der Waals surface area contributed by atoms with Crippen molar-refractivity contribution in [1.82, 2.24) is 0 Å². The normalized spacial score (nSPS) is 40.8. The molecule has 0 spiro atoms. The van der Waals surface area contributed by atoms with Crippen LogP contribution in [0.25, 0.3) is 0 Å². The lowest BCUT2D eigenvalue weighted by atomic mass is 9.80. The summed E-state index contributed by atoms with van der Waals surface area (Å²) < 4.78 is 10.9. The molecule has 132 valence electrons. The summed E-state index contributed by atoms with van der Waals surface area (Å²) in [6.45, 7) is 0. The number of epoxide rings is 2. The second-order valence-corrected chi connectivity index (χ2v) is 7.72. The van der Waals surface area contributed by atoms with E-state index >= 15 is 0 Å². The molecular weight excluding hydrogens is 312 g/mol. The highest BCUT2D eigenvalue weighted by atomic mass is 16.6. The van der Waals surface area contributed by atoms with Crippen LogP contribution in [-0.4, -0.2) is 36.4 Å². The average molecular weight is 334 g/mol. The van der Waals surface area contributed by atoms with Crippen LogP contribution in [-0.2, 0) is 19.1 Å². The van der Waals surface area contributed by atoms with Gasteiger partial charge in [0.2, 0.25) is 0 Å². The summed E-state index contributed by atoms with van der Waals surface area (Å²) in [5.74, 6) is -2.44. The van der Waals surface area contributed by atoms with E-state index in [0.717, 1.165) is 38.5 Å². The third-order valence-electron chi connectivity index (χ3n) is 6.07. The van der Waals surface area contributed by atoms with Crippen LogP contribution in [0.3, 0.4) is 0 Å². The van der Waals surface area contributed by atoms with Crippen LogP contribution in [0.5, 0.6) is 0 Å². The molecule has 2 heterocycles. The Morgan fingerprint density at radius 3 is 1.46 bits per heavy atom. The van der Waals surface area contributed by atoms with Gasteiger partial charge in [0.05, 0.1) is 36.4 Å². The molecule has 2 saturated carbocycles. The summed E-state index contributed by atoms with van der Waals surface area (Å²) in [5, 5.41) is 23.2. The Labute approximate surface area is 140 Å². The number of carbonyl (C=O) groups excluding carboxylic acids is 2. The van der Waals surface area contributed by atoms with Gasteiger partial charge < -0.3 is 29.3 Å². The van der Waals surface area contributed by atoms with Crippen molar-refractivity contribution in [2.24, 2.45) is 11.8 Å². The van der Waals surface area contributed by atoms with Gasteiger partial charge in [-0.05, 0) is 74.3 Å². The lowest BCUT2D eigenvalue weighted by Crippen LogP contribution is -2.34. The van der Waals surface area contributed by atoms with Crippen molar-refractivity contribution in [2.45, 2.75) is 75.8 Å². The van der Waals surface area contributed by atoms with Crippen LogP contribution >= 0.6 is 0 Å². The molecule has 0 radical (unpaired) electrons. The number of ether oxygens (including phenoxy) is 2. The van der Waals surface area contributed by atoms with E-state index in [4.69, 9.17) is 9.47 Å². The molecule has 2 aliphatic carbocycles. The van der Waals surface area contributed by atoms with Crippen LogP contribution in [0.1, 0.15) is 51.4 Å². The molecule has 0 amide bonds. The Kier molecular flexibility index (Phi) is 4.12. The van der Waals surface area contributed by atoms with Gasteiger partial charge in [0.25, 0.3) is 0 Å². The summed E-state index contributed by atoms with van der Waals surface area (Å²) in [6.07, 6.45) is 6.86. The van der Waals surface area contributed by atoms with Crippen molar-refractivity contribution in [3.05, 3.63) is 11.1 Å². The summed E-state index contributed by atoms with van der Waals surface area (Å²) in [6, 6.07) is 0. The van der Waals surface area contributed by atoms with Gasteiger partial charge in [-0.2, -0.15) is 0 Å². The lowest BCUT2D eigenvalue weighted by molar-refractivity contribution is -0.304.